The van der Waals surface area contributed by atoms with E-state index in [0.29, 0.717) is 12.2 Å². The molecule has 106 valence electrons. The summed E-state index contributed by atoms with van der Waals surface area (Å²) >= 11 is 0. The molecule has 18 heavy (non-hydrogen) atoms. The monoisotopic (exact) mass is 255 g/mol. The van der Waals surface area contributed by atoms with Crippen molar-refractivity contribution in [3.8, 4) is 0 Å². The normalized spacial score (nSPS) is 12.5. The van der Waals surface area contributed by atoms with Crippen molar-refractivity contribution in [2.75, 3.05) is 27.2 Å². The van der Waals surface area contributed by atoms with E-state index in [1.54, 1.807) is 6.92 Å². The molecule has 0 aliphatic rings. The molecule has 0 rings (SSSR count). The Bertz CT molecular complexity index is 249. The van der Waals surface area contributed by atoms with Gasteiger partial charge in [0.2, 0.25) is 0 Å². The fourth-order valence-corrected chi connectivity index (χ4v) is 1.95. The first kappa shape index (κ1) is 17.2. The number of rotatable bonds is 10. The molecule has 0 aliphatic carbocycles. The molecule has 0 bridgehead atoms. The molecule has 3 heteroatoms. The van der Waals surface area contributed by atoms with Crippen molar-refractivity contribution in [1.82, 2.24) is 4.90 Å². The predicted octanol–water partition coefficient (Wildman–Crippen LogP) is 3.25. The quantitative estimate of drug-likeness (QED) is 0.341. The van der Waals surface area contributed by atoms with E-state index in [-0.39, 0.29) is 5.97 Å². The summed E-state index contributed by atoms with van der Waals surface area (Å²) in [6.07, 6.45) is 5.87. The third-order valence-electron chi connectivity index (χ3n) is 2.85. The molecule has 0 aromatic carbocycles. The number of nitrogens with zero attached hydrogens (tertiary/aromatic N) is 1. The Kier molecular flexibility index (Phi) is 9.66. The molecule has 3 nitrogen and oxygen atoms in total. The van der Waals surface area contributed by atoms with Crippen LogP contribution in [0.1, 0.15) is 46.0 Å². The zero-order chi connectivity index (χ0) is 14.0. The fraction of sp³-hybridized carbons (Fsp3) is 0.800. The van der Waals surface area contributed by atoms with Crippen LogP contribution in [-0.4, -0.2) is 38.1 Å². The van der Waals surface area contributed by atoms with Crippen LogP contribution < -0.4 is 0 Å². The Balaban J connectivity index is 3.31. The lowest BCUT2D eigenvalue weighted by Gasteiger charge is -2.16. The standard InChI is InChI=1S/C15H29NO2/c1-13(2)15(17)18-11-9-7-6-8-10-14(3)12-16(4)5/h14H,1,6-12H2,2-5H3. The lowest BCUT2D eigenvalue weighted by molar-refractivity contribution is -0.139. The van der Waals surface area contributed by atoms with Crippen molar-refractivity contribution in [3.63, 3.8) is 0 Å². The van der Waals surface area contributed by atoms with Crippen LogP contribution in [0.25, 0.3) is 0 Å². The minimum atomic E-state index is -0.269. The van der Waals surface area contributed by atoms with Gasteiger partial charge in [0.1, 0.15) is 0 Å². The van der Waals surface area contributed by atoms with Crippen molar-refractivity contribution >= 4 is 5.97 Å². The third-order valence-corrected chi connectivity index (χ3v) is 2.85. The molecule has 0 fully saturated rings. The first-order chi connectivity index (χ1) is 8.43. The highest BCUT2D eigenvalue weighted by Crippen LogP contribution is 2.11. The SMILES string of the molecule is C=C(C)C(=O)OCCCCCCC(C)CN(C)C. The summed E-state index contributed by atoms with van der Waals surface area (Å²) in [6.45, 7) is 9.21. The van der Waals surface area contributed by atoms with E-state index >= 15 is 0 Å². The molecule has 1 atom stereocenters. The summed E-state index contributed by atoms with van der Waals surface area (Å²) in [7, 11) is 4.24. The van der Waals surface area contributed by atoms with Crippen LogP contribution in [0.15, 0.2) is 12.2 Å². The highest BCUT2D eigenvalue weighted by atomic mass is 16.5. The number of esters is 1. The minimum Gasteiger partial charge on any atom is -0.462 e. The van der Waals surface area contributed by atoms with E-state index in [2.05, 4.69) is 32.5 Å². The van der Waals surface area contributed by atoms with Gasteiger partial charge in [0.15, 0.2) is 0 Å². The fourth-order valence-electron chi connectivity index (χ4n) is 1.95. The van der Waals surface area contributed by atoms with Crippen molar-refractivity contribution in [1.29, 1.82) is 0 Å². The van der Waals surface area contributed by atoms with Crippen molar-refractivity contribution in [2.24, 2.45) is 5.92 Å². The number of unbranched alkanes of at least 4 members (excludes halogenated alkanes) is 3. The van der Waals surface area contributed by atoms with Crippen LogP contribution in [-0.2, 0) is 9.53 Å². The summed E-state index contributed by atoms with van der Waals surface area (Å²) < 4.78 is 5.04. The molecule has 0 aromatic heterocycles. The molecule has 0 saturated carbocycles. The van der Waals surface area contributed by atoms with Gasteiger partial charge in [-0.2, -0.15) is 0 Å². The van der Waals surface area contributed by atoms with Crippen molar-refractivity contribution < 1.29 is 9.53 Å². The van der Waals surface area contributed by atoms with E-state index < -0.39 is 0 Å². The number of hydrogen-bond acceptors (Lipinski definition) is 3. The van der Waals surface area contributed by atoms with Gasteiger partial charge in [-0.05, 0) is 39.8 Å². The van der Waals surface area contributed by atoms with E-state index in [1.165, 1.54) is 19.3 Å². The van der Waals surface area contributed by atoms with Gasteiger partial charge in [0.05, 0.1) is 6.61 Å². The Hall–Kier alpha value is -0.830. The smallest absolute Gasteiger partial charge is 0.333 e. The molecule has 0 N–H and O–H groups in total. The maximum absolute atomic E-state index is 11.1. The number of carbonyl (C=O) groups is 1. The van der Waals surface area contributed by atoms with Gasteiger partial charge in [-0.1, -0.05) is 32.8 Å². The third kappa shape index (κ3) is 10.3. The number of carbonyl (C=O) groups excluding carboxylic acids is 1. The summed E-state index contributed by atoms with van der Waals surface area (Å²) in [5.41, 5.74) is 0.479. The lowest BCUT2D eigenvalue weighted by Crippen LogP contribution is -2.19. The highest BCUT2D eigenvalue weighted by Gasteiger charge is 2.04. The molecule has 0 aliphatic heterocycles. The first-order valence-corrected chi connectivity index (χ1v) is 6.90. The second-order valence-corrected chi connectivity index (χ2v) is 5.49. The molecule has 0 heterocycles. The maximum Gasteiger partial charge on any atom is 0.333 e. The molecule has 1 unspecified atom stereocenters. The summed E-state index contributed by atoms with van der Waals surface area (Å²) in [4.78, 5) is 13.3. The van der Waals surface area contributed by atoms with Crippen LogP contribution >= 0.6 is 0 Å². The van der Waals surface area contributed by atoms with E-state index in [1.807, 2.05) is 0 Å². The average Bonchev–Trinajstić information content (AvgIpc) is 2.26. The molecule has 0 spiro atoms. The Labute approximate surface area is 112 Å². The van der Waals surface area contributed by atoms with Gasteiger partial charge < -0.3 is 9.64 Å². The Morgan fingerprint density at radius 1 is 1.22 bits per heavy atom. The van der Waals surface area contributed by atoms with Crippen molar-refractivity contribution in [3.05, 3.63) is 12.2 Å². The first-order valence-electron chi connectivity index (χ1n) is 6.90. The van der Waals surface area contributed by atoms with E-state index in [0.717, 1.165) is 25.3 Å². The maximum atomic E-state index is 11.1. The molecule has 0 amide bonds. The zero-order valence-corrected chi connectivity index (χ0v) is 12.5. The summed E-state index contributed by atoms with van der Waals surface area (Å²) in [6, 6.07) is 0. The van der Waals surface area contributed by atoms with Gasteiger partial charge in [0.25, 0.3) is 0 Å². The molecule has 0 saturated heterocycles. The molecule has 0 radical (unpaired) electrons. The molecular weight excluding hydrogens is 226 g/mol. The van der Waals surface area contributed by atoms with Crippen LogP contribution in [0, 0.1) is 5.92 Å². The molecular formula is C15H29NO2. The lowest BCUT2D eigenvalue weighted by atomic mass is 10.0. The Morgan fingerprint density at radius 3 is 2.39 bits per heavy atom. The van der Waals surface area contributed by atoms with Crippen LogP contribution in [0.3, 0.4) is 0 Å². The summed E-state index contributed by atoms with van der Waals surface area (Å²) in [5.74, 6) is 0.496. The predicted molar refractivity (Wildman–Crippen MR) is 76.6 cm³/mol. The molecule has 0 aromatic rings. The van der Waals surface area contributed by atoms with Gasteiger partial charge in [-0.3, -0.25) is 0 Å². The van der Waals surface area contributed by atoms with Gasteiger partial charge >= 0.3 is 5.97 Å². The van der Waals surface area contributed by atoms with E-state index in [4.69, 9.17) is 4.74 Å². The Morgan fingerprint density at radius 2 is 1.83 bits per heavy atom. The zero-order valence-electron chi connectivity index (χ0n) is 12.5. The average molecular weight is 255 g/mol. The van der Waals surface area contributed by atoms with Crippen molar-refractivity contribution in [2.45, 2.75) is 46.0 Å². The minimum absolute atomic E-state index is 0.269. The van der Waals surface area contributed by atoms with Gasteiger partial charge in [0, 0.05) is 12.1 Å². The second-order valence-electron chi connectivity index (χ2n) is 5.49. The highest BCUT2D eigenvalue weighted by molar-refractivity contribution is 5.86. The number of ether oxygens (including phenoxy) is 1. The largest absolute Gasteiger partial charge is 0.462 e. The van der Waals surface area contributed by atoms with Crippen LogP contribution in [0.5, 0.6) is 0 Å². The van der Waals surface area contributed by atoms with Gasteiger partial charge in [-0.25, -0.2) is 4.79 Å². The van der Waals surface area contributed by atoms with E-state index in [9.17, 15) is 4.79 Å². The number of hydrogen-bond donors (Lipinski definition) is 0. The topological polar surface area (TPSA) is 29.5 Å². The summed E-state index contributed by atoms with van der Waals surface area (Å²) in [5, 5.41) is 0. The second kappa shape index (κ2) is 10.1. The van der Waals surface area contributed by atoms with Gasteiger partial charge in [-0.15, -0.1) is 0 Å². The van der Waals surface area contributed by atoms with Crippen LogP contribution in [0.2, 0.25) is 0 Å². The van der Waals surface area contributed by atoms with Crippen LogP contribution in [0.4, 0.5) is 0 Å².